The predicted molar refractivity (Wildman–Crippen MR) is 53.0 cm³/mol. The van der Waals surface area contributed by atoms with Crippen molar-refractivity contribution in [2.75, 3.05) is 0 Å². The summed E-state index contributed by atoms with van der Waals surface area (Å²) in [4.78, 5) is 0. The van der Waals surface area contributed by atoms with Gasteiger partial charge in [0.05, 0.1) is 0 Å². The normalized spacial score (nSPS) is 34.6. The number of rotatable bonds is 1. The maximum absolute atomic E-state index is 12.8. The largest absolute Gasteiger partial charge is 0.430 e. The van der Waals surface area contributed by atoms with Crippen LogP contribution < -0.4 is 0 Å². The van der Waals surface area contributed by atoms with E-state index in [1.165, 1.54) is 0 Å². The van der Waals surface area contributed by atoms with Crippen LogP contribution in [0, 0.1) is 17.8 Å². The second-order valence-electron chi connectivity index (χ2n) is 5.81. The molecule has 0 heterocycles. The molecule has 0 amide bonds. The number of hydrogen-bond donors (Lipinski definition) is 1. The quantitative estimate of drug-likeness (QED) is 0.577. The van der Waals surface area contributed by atoms with Crippen LogP contribution in [0.2, 0.25) is 0 Å². The van der Waals surface area contributed by atoms with Crippen molar-refractivity contribution < 1.29 is 31.4 Å². The third-order valence-electron chi connectivity index (χ3n) is 4.78. The number of alkyl halides is 6. The molecule has 1 N–H and O–H groups in total. The van der Waals surface area contributed by atoms with Crippen molar-refractivity contribution in [1.29, 1.82) is 0 Å². The lowest BCUT2D eigenvalue weighted by Gasteiger charge is -2.56. The first-order valence-corrected chi connectivity index (χ1v) is 6.15. The summed E-state index contributed by atoms with van der Waals surface area (Å²) in [6.45, 7) is 0. The molecule has 3 saturated carbocycles. The zero-order valence-electron chi connectivity index (χ0n) is 9.78. The van der Waals surface area contributed by atoms with Gasteiger partial charge in [-0.2, -0.15) is 26.3 Å². The molecule has 0 aromatic heterocycles. The van der Waals surface area contributed by atoms with Gasteiger partial charge in [0, 0.05) is 0 Å². The molecule has 5 aliphatic rings. The van der Waals surface area contributed by atoms with E-state index in [-0.39, 0.29) is 29.7 Å². The van der Waals surface area contributed by atoms with Crippen molar-refractivity contribution >= 4 is 0 Å². The lowest BCUT2D eigenvalue weighted by molar-refractivity contribution is -0.354. The maximum Gasteiger partial charge on any atom is 0.430 e. The Kier molecular flexibility index (Phi) is 2.43. The summed E-state index contributed by atoms with van der Waals surface area (Å²) in [6, 6.07) is 0. The Bertz CT molecular complexity index is 418. The first kappa shape index (κ1) is 13.3. The van der Waals surface area contributed by atoms with E-state index in [9.17, 15) is 31.4 Å². The summed E-state index contributed by atoms with van der Waals surface area (Å²) < 4.78 is 77.1. The Balaban J connectivity index is 2.13. The molecule has 0 aromatic rings. The minimum atomic E-state index is -5.72. The zero-order valence-corrected chi connectivity index (χ0v) is 9.78. The molecular weight excluding hydrogens is 274 g/mol. The minimum absolute atomic E-state index is 0.146. The van der Waals surface area contributed by atoms with Gasteiger partial charge in [-0.05, 0) is 49.0 Å². The minimum Gasteiger partial charge on any atom is -0.370 e. The second-order valence-corrected chi connectivity index (χ2v) is 5.81. The van der Waals surface area contributed by atoms with Gasteiger partial charge in [0.25, 0.3) is 5.60 Å². The molecule has 0 aliphatic heterocycles. The molecule has 0 spiro atoms. The van der Waals surface area contributed by atoms with Crippen molar-refractivity contribution in [3.05, 3.63) is 11.1 Å². The van der Waals surface area contributed by atoms with Crippen molar-refractivity contribution in [3.63, 3.8) is 0 Å². The highest BCUT2D eigenvalue weighted by molar-refractivity contribution is 5.41. The fourth-order valence-electron chi connectivity index (χ4n) is 4.04. The molecule has 5 rings (SSSR count). The van der Waals surface area contributed by atoms with Crippen LogP contribution in [0.15, 0.2) is 11.1 Å². The van der Waals surface area contributed by atoms with Gasteiger partial charge in [-0.3, -0.25) is 0 Å². The smallest absolute Gasteiger partial charge is 0.370 e. The molecule has 0 aromatic carbocycles. The highest BCUT2D eigenvalue weighted by Crippen LogP contribution is 2.64. The third-order valence-corrected chi connectivity index (χ3v) is 4.78. The van der Waals surface area contributed by atoms with Gasteiger partial charge >= 0.3 is 12.4 Å². The average molecular weight is 286 g/mol. The Hall–Kier alpha value is -0.720. The molecule has 0 radical (unpaired) electrons. The van der Waals surface area contributed by atoms with Crippen LogP contribution in [-0.4, -0.2) is 23.1 Å². The molecular formula is C12H12F6O. The Labute approximate surface area is 105 Å². The van der Waals surface area contributed by atoms with Gasteiger partial charge in [0.15, 0.2) is 0 Å². The van der Waals surface area contributed by atoms with Crippen molar-refractivity contribution in [1.82, 2.24) is 0 Å². The molecule has 1 nitrogen and oxygen atoms in total. The Morgan fingerprint density at radius 2 is 1.32 bits per heavy atom. The van der Waals surface area contributed by atoms with Crippen molar-refractivity contribution in [3.8, 4) is 0 Å². The SMILES string of the molecule is OC(C1=C2C3CC(C1)CC2C3)(C(F)(F)F)C(F)(F)F. The Morgan fingerprint density at radius 1 is 0.842 bits per heavy atom. The summed E-state index contributed by atoms with van der Waals surface area (Å²) in [5.74, 6) is -0.500. The summed E-state index contributed by atoms with van der Waals surface area (Å²) in [5.41, 5.74) is -5.23. The van der Waals surface area contributed by atoms with Crippen LogP contribution in [0.5, 0.6) is 0 Å². The molecule has 2 atom stereocenters. The van der Waals surface area contributed by atoms with Crippen molar-refractivity contribution in [2.24, 2.45) is 17.8 Å². The predicted octanol–water partition coefficient (Wildman–Crippen LogP) is 3.59. The van der Waals surface area contributed by atoms with E-state index < -0.39 is 23.5 Å². The number of hydrogen-bond acceptors (Lipinski definition) is 1. The fourth-order valence-corrected chi connectivity index (χ4v) is 4.04. The third kappa shape index (κ3) is 1.53. The maximum atomic E-state index is 12.8. The van der Waals surface area contributed by atoms with E-state index in [2.05, 4.69) is 0 Å². The van der Waals surface area contributed by atoms with Gasteiger partial charge in [0.1, 0.15) is 0 Å². The van der Waals surface area contributed by atoms with Gasteiger partial charge in [-0.25, -0.2) is 0 Å². The molecule has 0 saturated heterocycles. The summed E-state index contributed by atoms with van der Waals surface area (Å²) in [5, 5.41) is 9.46. The molecule has 7 heteroatoms. The van der Waals surface area contributed by atoms with Crippen LogP contribution in [0.1, 0.15) is 25.7 Å². The van der Waals surface area contributed by atoms with Crippen LogP contribution in [0.3, 0.4) is 0 Å². The molecule has 108 valence electrons. The van der Waals surface area contributed by atoms with Gasteiger partial charge in [-0.15, -0.1) is 0 Å². The van der Waals surface area contributed by atoms with Crippen molar-refractivity contribution in [2.45, 2.75) is 43.6 Å². The lowest BCUT2D eigenvalue weighted by atomic mass is 9.50. The second kappa shape index (κ2) is 3.48. The van der Waals surface area contributed by atoms with Gasteiger partial charge in [0.2, 0.25) is 0 Å². The fraction of sp³-hybridized carbons (Fsp3) is 0.833. The number of fused-ring (bicyclic) bond motifs is 1. The summed E-state index contributed by atoms with van der Waals surface area (Å²) in [6.07, 6.45) is -9.73. The van der Waals surface area contributed by atoms with Crippen LogP contribution >= 0.6 is 0 Å². The average Bonchev–Trinajstić information content (AvgIpc) is 2.24. The van der Waals surface area contributed by atoms with E-state index in [1.807, 2.05) is 0 Å². The van der Waals surface area contributed by atoms with E-state index in [4.69, 9.17) is 0 Å². The summed E-state index contributed by atoms with van der Waals surface area (Å²) >= 11 is 0. The van der Waals surface area contributed by atoms with Crippen LogP contribution in [0.25, 0.3) is 0 Å². The monoisotopic (exact) mass is 286 g/mol. The number of aliphatic hydroxyl groups is 1. The van der Waals surface area contributed by atoms with Crippen LogP contribution in [0.4, 0.5) is 26.3 Å². The number of allylic oxidation sites excluding steroid dienone is 1. The van der Waals surface area contributed by atoms with E-state index in [0.717, 1.165) is 0 Å². The molecule has 3 fully saturated rings. The first-order valence-electron chi connectivity index (χ1n) is 6.15. The molecule has 5 aliphatic carbocycles. The highest BCUT2D eigenvalue weighted by atomic mass is 19.4. The number of halogens is 6. The molecule has 19 heavy (non-hydrogen) atoms. The molecule has 2 unspecified atom stereocenters. The Morgan fingerprint density at radius 3 is 1.68 bits per heavy atom. The summed E-state index contributed by atoms with van der Waals surface area (Å²) in [7, 11) is 0. The highest BCUT2D eigenvalue weighted by Gasteiger charge is 2.74. The lowest BCUT2D eigenvalue weighted by Crippen LogP contribution is -2.61. The topological polar surface area (TPSA) is 20.2 Å². The van der Waals surface area contributed by atoms with E-state index in [0.29, 0.717) is 19.3 Å². The standard InChI is InChI=1S/C12H12F6O/c13-11(14,15)10(19,12(16,17)18)8-3-5-1-6-4-7(2-5)9(6)8/h5-7,19H,1-4H2. The molecule has 4 bridgehead atoms. The van der Waals surface area contributed by atoms with E-state index in [1.54, 1.807) is 0 Å². The zero-order chi connectivity index (χ0) is 14.2. The van der Waals surface area contributed by atoms with Crippen LogP contribution in [-0.2, 0) is 0 Å². The van der Waals surface area contributed by atoms with Gasteiger partial charge in [-0.1, -0.05) is 5.57 Å². The van der Waals surface area contributed by atoms with Gasteiger partial charge < -0.3 is 5.11 Å². The van der Waals surface area contributed by atoms with E-state index >= 15 is 0 Å². The first-order chi connectivity index (χ1) is 8.55.